The molecule has 2 aromatic carbocycles. The fraction of sp³-hybridized carbons (Fsp3) is 0.333. The molecule has 1 amide bonds. The Bertz CT molecular complexity index is 1190. The number of carbonyl (C=O) groups is 1. The molecule has 0 bridgehead atoms. The van der Waals surface area contributed by atoms with E-state index in [0.717, 1.165) is 54.8 Å². The lowest BCUT2D eigenvalue weighted by Crippen LogP contribution is -2.45. The molecular formula is C30H32ClN3O2. The maximum Gasteiger partial charge on any atom is 0.219 e. The molecule has 0 aliphatic carbocycles. The second-order valence-corrected chi connectivity index (χ2v) is 9.57. The number of pyridine rings is 1. The largest absolute Gasteiger partial charge is 0.494 e. The van der Waals surface area contributed by atoms with Crippen LogP contribution in [0.3, 0.4) is 0 Å². The predicted molar refractivity (Wildman–Crippen MR) is 145 cm³/mol. The number of nitrogens with one attached hydrogen (secondary N) is 1. The van der Waals surface area contributed by atoms with Crippen LogP contribution in [0.15, 0.2) is 66.9 Å². The number of benzene rings is 2. The van der Waals surface area contributed by atoms with Gasteiger partial charge in [0.1, 0.15) is 11.4 Å². The van der Waals surface area contributed by atoms with E-state index in [1.165, 1.54) is 0 Å². The second-order valence-electron chi connectivity index (χ2n) is 9.14. The van der Waals surface area contributed by atoms with Gasteiger partial charge in [0.25, 0.3) is 0 Å². The molecular weight excluding hydrogens is 470 g/mol. The molecule has 1 aliphatic heterocycles. The van der Waals surface area contributed by atoms with Crippen LogP contribution < -0.4 is 10.1 Å². The number of rotatable bonds is 7. The van der Waals surface area contributed by atoms with Crippen LogP contribution in [-0.4, -0.2) is 48.6 Å². The van der Waals surface area contributed by atoms with Crippen molar-refractivity contribution in [2.45, 2.75) is 32.2 Å². The average Bonchev–Trinajstić information content (AvgIpc) is 2.91. The molecule has 0 radical (unpaired) electrons. The van der Waals surface area contributed by atoms with Gasteiger partial charge in [-0.3, -0.25) is 4.79 Å². The molecule has 5 nitrogen and oxygen atoms in total. The van der Waals surface area contributed by atoms with Crippen molar-refractivity contribution in [3.63, 3.8) is 0 Å². The van der Waals surface area contributed by atoms with Crippen molar-refractivity contribution in [1.82, 2.24) is 15.2 Å². The molecule has 36 heavy (non-hydrogen) atoms. The zero-order valence-electron chi connectivity index (χ0n) is 20.8. The van der Waals surface area contributed by atoms with Crippen LogP contribution in [0.1, 0.15) is 37.4 Å². The highest BCUT2D eigenvalue weighted by Gasteiger charge is 2.28. The number of hydrogen-bond acceptors (Lipinski definition) is 4. The molecule has 1 N–H and O–H groups in total. The summed E-state index contributed by atoms with van der Waals surface area (Å²) < 4.78 is 6.02. The fourth-order valence-corrected chi connectivity index (χ4v) is 4.68. The van der Waals surface area contributed by atoms with Crippen LogP contribution in [0.5, 0.6) is 5.75 Å². The van der Waals surface area contributed by atoms with E-state index in [1.54, 1.807) is 6.92 Å². The lowest BCUT2D eigenvalue weighted by atomic mass is 9.87. The van der Waals surface area contributed by atoms with Gasteiger partial charge < -0.3 is 15.0 Å². The van der Waals surface area contributed by atoms with Crippen molar-refractivity contribution in [3.05, 3.63) is 83.1 Å². The SMILES string of the molecule is CC(=O)N(C)C(CCOc1ccc(C#Cc2ccc(-c3ccc(Cl)cc3)cn2)cc1)C1CCNCC1. The fourth-order valence-electron chi connectivity index (χ4n) is 4.56. The molecule has 1 fully saturated rings. The number of aromatic nitrogens is 1. The summed E-state index contributed by atoms with van der Waals surface area (Å²) in [6.07, 6.45) is 4.83. The van der Waals surface area contributed by atoms with Crippen LogP contribution in [0, 0.1) is 17.8 Å². The molecule has 186 valence electrons. The number of piperidine rings is 1. The zero-order chi connectivity index (χ0) is 25.3. The summed E-state index contributed by atoms with van der Waals surface area (Å²) in [4.78, 5) is 18.4. The lowest BCUT2D eigenvalue weighted by Gasteiger charge is -2.36. The van der Waals surface area contributed by atoms with Gasteiger partial charge in [0.2, 0.25) is 5.91 Å². The van der Waals surface area contributed by atoms with Crippen molar-refractivity contribution in [3.8, 4) is 28.7 Å². The van der Waals surface area contributed by atoms with E-state index < -0.39 is 0 Å². The van der Waals surface area contributed by atoms with Crippen molar-refractivity contribution in [2.75, 3.05) is 26.7 Å². The molecule has 1 aliphatic rings. The third-order valence-electron chi connectivity index (χ3n) is 6.73. The van der Waals surface area contributed by atoms with E-state index in [9.17, 15) is 4.79 Å². The number of amides is 1. The van der Waals surface area contributed by atoms with E-state index in [4.69, 9.17) is 16.3 Å². The Balaban J connectivity index is 1.31. The quantitative estimate of drug-likeness (QED) is 0.439. The van der Waals surface area contributed by atoms with Crippen molar-refractivity contribution in [2.24, 2.45) is 5.92 Å². The van der Waals surface area contributed by atoms with Crippen LogP contribution >= 0.6 is 11.6 Å². The Hall–Kier alpha value is -3.33. The molecule has 1 aromatic heterocycles. The topological polar surface area (TPSA) is 54.5 Å². The van der Waals surface area contributed by atoms with Crippen LogP contribution in [0.4, 0.5) is 0 Å². The van der Waals surface area contributed by atoms with Crippen molar-refractivity contribution in [1.29, 1.82) is 0 Å². The summed E-state index contributed by atoms with van der Waals surface area (Å²) in [7, 11) is 1.91. The smallest absolute Gasteiger partial charge is 0.219 e. The van der Waals surface area contributed by atoms with E-state index in [0.29, 0.717) is 23.2 Å². The second kappa shape index (κ2) is 12.6. The van der Waals surface area contributed by atoms with Crippen LogP contribution in [-0.2, 0) is 4.79 Å². The Labute approximate surface area is 218 Å². The number of nitrogens with zero attached hydrogens (tertiary/aromatic N) is 2. The first-order valence-corrected chi connectivity index (χ1v) is 12.8. The molecule has 1 unspecified atom stereocenters. The van der Waals surface area contributed by atoms with E-state index in [-0.39, 0.29) is 11.9 Å². The summed E-state index contributed by atoms with van der Waals surface area (Å²) in [6, 6.07) is 19.6. The molecule has 3 aromatic rings. The molecule has 2 heterocycles. The standard InChI is InChI=1S/C30H32ClN3O2/c1-22(35)34(2)30(25-15-18-32-19-16-25)17-20-36-29-13-4-23(5-14-29)3-11-28-12-8-26(21-33-28)24-6-9-27(31)10-7-24/h4-10,12-14,21,25,30,32H,15-20H2,1-2H3. The van der Waals surface area contributed by atoms with Gasteiger partial charge in [-0.25, -0.2) is 4.98 Å². The molecule has 1 saturated heterocycles. The van der Waals surface area contributed by atoms with Crippen molar-refractivity contribution < 1.29 is 9.53 Å². The summed E-state index contributed by atoms with van der Waals surface area (Å²) in [5.74, 6) is 7.71. The normalized spacial score (nSPS) is 14.4. The Morgan fingerprint density at radius 1 is 1.06 bits per heavy atom. The van der Waals surface area contributed by atoms with Crippen LogP contribution in [0.2, 0.25) is 5.02 Å². The van der Waals surface area contributed by atoms with E-state index in [1.807, 2.05) is 78.8 Å². The minimum atomic E-state index is 0.107. The third-order valence-corrected chi connectivity index (χ3v) is 6.99. The van der Waals surface area contributed by atoms with Gasteiger partial charge in [0.05, 0.1) is 6.61 Å². The number of hydrogen-bond donors (Lipinski definition) is 1. The monoisotopic (exact) mass is 501 g/mol. The highest BCUT2D eigenvalue weighted by atomic mass is 35.5. The Morgan fingerprint density at radius 3 is 2.39 bits per heavy atom. The van der Waals surface area contributed by atoms with Gasteiger partial charge in [-0.2, -0.15) is 0 Å². The van der Waals surface area contributed by atoms with Gasteiger partial charge in [0.15, 0.2) is 0 Å². The molecule has 0 saturated carbocycles. The van der Waals surface area contributed by atoms with Crippen molar-refractivity contribution >= 4 is 17.5 Å². The maximum atomic E-state index is 12.0. The summed E-state index contributed by atoms with van der Waals surface area (Å²) in [5, 5.41) is 4.12. The number of ether oxygens (including phenoxy) is 1. The summed E-state index contributed by atoms with van der Waals surface area (Å²) in [5.41, 5.74) is 3.70. The first-order chi connectivity index (χ1) is 17.5. The highest BCUT2D eigenvalue weighted by molar-refractivity contribution is 6.30. The van der Waals surface area contributed by atoms with Gasteiger partial charge in [-0.05, 0) is 85.8 Å². The number of halogens is 1. The Morgan fingerprint density at radius 2 is 1.75 bits per heavy atom. The minimum Gasteiger partial charge on any atom is -0.494 e. The van der Waals surface area contributed by atoms with Crippen LogP contribution in [0.25, 0.3) is 11.1 Å². The van der Waals surface area contributed by atoms with Gasteiger partial charge in [-0.1, -0.05) is 35.7 Å². The van der Waals surface area contributed by atoms with Gasteiger partial charge in [0, 0.05) is 48.8 Å². The molecule has 4 rings (SSSR count). The lowest BCUT2D eigenvalue weighted by molar-refractivity contribution is -0.131. The minimum absolute atomic E-state index is 0.107. The first-order valence-electron chi connectivity index (χ1n) is 12.4. The first kappa shape index (κ1) is 25.8. The molecule has 1 atom stereocenters. The summed E-state index contributed by atoms with van der Waals surface area (Å²) in [6.45, 7) is 4.23. The predicted octanol–water partition coefficient (Wildman–Crippen LogP) is 5.42. The molecule has 0 spiro atoms. The highest BCUT2D eigenvalue weighted by Crippen LogP contribution is 2.24. The van der Waals surface area contributed by atoms with Gasteiger partial charge in [-0.15, -0.1) is 0 Å². The maximum absolute atomic E-state index is 12.0. The van der Waals surface area contributed by atoms with Gasteiger partial charge >= 0.3 is 0 Å². The zero-order valence-corrected chi connectivity index (χ0v) is 21.6. The Kier molecular flexibility index (Phi) is 9.00. The number of carbonyl (C=O) groups excluding carboxylic acids is 1. The third kappa shape index (κ3) is 7.10. The average molecular weight is 502 g/mol. The van der Waals surface area contributed by atoms with E-state index in [2.05, 4.69) is 22.1 Å². The molecule has 6 heteroatoms. The summed E-state index contributed by atoms with van der Waals surface area (Å²) >= 11 is 5.97. The van der Waals surface area contributed by atoms with E-state index >= 15 is 0 Å².